The largest absolute Gasteiger partial charge is 0.356 e. The third-order valence-electron chi connectivity index (χ3n) is 7.00. The molecule has 2 saturated heterocycles. The van der Waals surface area contributed by atoms with E-state index in [1.54, 1.807) is 0 Å². The minimum absolute atomic E-state index is 0. The molecule has 0 amide bonds. The van der Waals surface area contributed by atoms with E-state index in [2.05, 4.69) is 32.3 Å². The van der Waals surface area contributed by atoms with Gasteiger partial charge in [0, 0.05) is 32.2 Å². The molecule has 2 N–H and O–H groups in total. The third-order valence-corrected chi connectivity index (χ3v) is 7.00. The molecular formula is C21H42IN5. The Morgan fingerprint density at radius 1 is 1.00 bits per heavy atom. The van der Waals surface area contributed by atoms with Gasteiger partial charge in [-0.2, -0.15) is 0 Å². The highest BCUT2D eigenvalue weighted by molar-refractivity contribution is 14.0. The molecular weight excluding hydrogens is 449 g/mol. The maximum atomic E-state index is 4.51. The summed E-state index contributed by atoms with van der Waals surface area (Å²) in [6.45, 7) is 10.6. The first-order valence-electron chi connectivity index (χ1n) is 11.2. The van der Waals surface area contributed by atoms with E-state index in [0.717, 1.165) is 25.0 Å². The molecule has 0 radical (unpaired) electrons. The van der Waals surface area contributed by atoms with E-state index in [1.165, 1.54) is 90.5 Å². The molecule has 1 atom stereocenters. The zero-order valence-electron chi connectivity index (χ0n) is 17.6. The van der Waals surface area contributed by atoms with Gasteiger partial charge in [-0.25, -0.2) is 0 Å². The van der Waals surface area contributed by atoms with Crippen LogP contribution in [0.3, 0.4) is 0 Å². The summed E-state index contributed by atoms with van der Waals surface area (Å²) in [5.74, 6) is 1.76. The number of guanidine groups is 1. The van der Waals surface area contributed by atoms with E-state index >= 15 is 0 Å². The second-order valence-electron chi connectivity index (χ2n) is 8.69. The zero-order chi connectivity index (χ0) is 18.2. The van der Waals surface area contributed by atoms with Crippen LogP contribution in [0, 0.1) is 5.92 Å². The summed E-state index contributed by atoms with van der Waals surface area (Å²) >= 11 is 0. The summed E-state index contributed by atoms with van der Waals surface area (Å²) in [7, 11) is 1.91. The van der Waals surface area contributed by atoms with Crippen molar-refractivity contribution in [2.75, 3.05) is 52.9 Å². The Balaban J connectivity index is 0.00000261. The fraction of sp³-hybridized carbons (Fsp3) is 0.952. The van der Waals surface area contributed by atoms with Crippen LogP contribution in [0.1, 0.15) is 64.7 Å². The quantitative estimate of drug-likeness (QED) is 0.340. The number of hydrogen-bond acceptors (Lipinski definition) is 3. The maximum Gasteiger partial charge on any atom is 0.191 e. The van der Waals surface area contributed by atoms with Gasteiger partial charge in [0.05, 0.1) is 0 Å². The molecule has 3 rings (SSSR count). The molecule has 6 heteroatoms. The molecule has 0 aromatic heterocycles. The average molecular weight is 492 g/mol. The summed E-state index contributed by atoms with van der Waals surface area (Å²) in [6.07, 6.45) is 12.4. The second kappa shape index (κ2) is 11.8. The van der Waals surface area contributed by atoms with Gasteiger partial charge in [-0.3, -0.25) is 9.89 Å². The van der Waals surface area contributed by atoms with Crippen molar-refractivity contribution >= 4 is 29.9 Å². The van der Waals surface area contributed by atoms with E-state index in [-0.39, 0.29) is 24.0 Å². The standard InChI is InChI=1S/C21H41N5.HI/c1-3-25-15-10-19(17-25)16-23-20(22-2)24-18-21(11-6-4-7-12-21)26-13-8-5-9-14-26;/h19H,3-18H2,1-2H3,(H2,22,23,24);1H. The van der Waals surface area contributed by atoms with Crippen LogP contribution in [-0.4, -0.2) is 74.2 Å². The van der Waals surface area contributed by atoms with Gasteiger partial charge in [0.2, 0.25) is 0 Å². The summed E-state index contributed by atoms with van der Waals surface area (Å²) in [6, 6.07) is 0. The summed E-state index contributed by atoms with van der Waals surface area (Å²) in [4.78, 5) is 9.87. The minimum atomic E-state index is 0. The highest BCUT2D eigenvalue weighted by Crippen LogP contribution is 2.35. The Bertz CT molecular complexity index is 444. The molecule has 0 aromatic rings. The highest BCUT2D eigenvalue weighted by atomic mass is 127. The van der Waals surface area contributed by atoms with Crippen molar-refractivity contribution in [3.05, 3.63) is 0 Å². The van der Waals surface area contributed by atoms with Gasteiger partial charge in [0.25, 0.3) is 0 Å². The van der Waals surface area contributed by atoms with Crippen molar-refractivity contribution in [2.24, 2.45) is 10.9 Å². The van der Waals surface area contributed by atoms with Crippen molar-refractivity contribution in [3.8, 4) is 0 Å². The summed E-state index contributed by atoms with van der Waals surface area (Å²) in [5, 5.41) is 7.32. The lowest BCUT2D eigenvalue weighted by molar-refractivity contribution is 0.0368. The average Bonchev–Trinajstić information content (AvgIpc) is 3.18. The number of nitrogens with zero attached hydrogens (tertiary/aromatic N) is 3. The fourth-order valence-corrected chi connectivity index (χ4v) is 5.26. The van der Waals surface area contributed by atoms with Gasteiger partial charge in [-0.05, 0) is 64.2 Å². The predicted octanol–water partition coefficient (Wildman–Crippen LogP) is 3.30. The van der Waals surface area contributed by atoms with Gasteiger partial charge in [0.15, 0.2) is 5.96 Å². The zero-order valence-corrected chi connectivity index (χ0v) is 20.0. The first kappa shape index (κ1) is 23.2. The van der Waals surface area contributed by atoms with Crippen molar-refractivity contribution in [3.63, 3.8) is 0 Å². The summed E-state index contributed by atoms with van der Waals surface area (Å²) < 4.78 is 0. The van der Waals surface area contributed by atoms with Gasteiger partial charge in [0.1, 0.15) is 0 Å². The van der Waals surface area contributed by atoms with E-state index in [4.69, 9.17) is 0 Å². The van der Waals surface area contributed by atoms with Crippen LogP contribution in [0.4, 0.5) is 0 Å². The van der Waals surface area contributed by atoms with Crippen LogP contribution >= 0.6 is 24.0 Å². The number of hydrogen-bond donors (Lipinski definition) is 2. The number of rotatable bonds is 6. The maximum absolute atomic E-state index is 4.51. The minimum Gasteiger partial charge on any atom is -0.356 e. The lowest BCUT2D eigenvalue weighted by Gasteiger charge is -2.48. The first-order valence-corrected chi connectivity index (χ1v) is 11.2. The number of nitrogens with one attached hydrogen (secondary N) is 2. The molecule has 1 aliphatic carbocycles. The number of likely N-dealkylation sites (tertiary alicyclic amines) is 2. The van der Waals surface area contributed by atoms with Crippen LogP contribution in [-0.2, 0) is 0 Å². The molecule has 27 heavy (non-hydrogen) atoms. The van der Waals surface area contributed by atoms with Crippen molar-refractivity contribution < 1.29 is 0 Å². The molecule has 0 spiro atoms. The van der Waals surface area contributed by atoms with Crippen LogP contribution in [0.15, 0.2) is 4.99 Å². The monoisotopic (exact) mass is 491 g/mol. The molecule has 1 saturated carbocycles. The molecule has 0 bridgehead atoms. The van der Waals surface area contributed by atoms with Crippen molar-refractivity contribution in [2.45, 2.75) is 70.3 Å². The number of aliphatic imine (C=N–C) groups is 1. The van der Waals surface area contributed by atoms with Crippen LogP contribution in [0.2, 0.25) is 0 Å². The molecule has 0 aromatic carbocycles. The lowest BCUT2D eigenvalue weighted by atomic mass is 9.79. The fourth-order valence-electron chi connectivity index (χ4n) is 5.26. The van der Waals surface area contributed by atoms with E-state index in [1.807, 2.05) is 7.05 Å². The predicted molar refractivity (Wildman–Crippen MR) is 126 cm³/mol. The van der Waals surface area contributed by atoms with Crippen LogP contribution in [0.5, 0.6) is 0 Å². The summed E-state index contributed by atoms with van der Waals surface area (Å²) in [5.41, 5.74) is 0.364. The first-order chi connectivity index (χ1) is 12.8. The Morgan fingerprint density at radius 3 is 2.33 bits per heavy atom. The van der Waals surface area contributed by atoms with E-state index < -0.39 is 0 Å². The molecule has 3 aliphatic rings. The third kappa shape index (κ3) is 6.46. The Morgan fingerprint density at radius 2 is 1.70 bits per heavy atom. The molecule has 158 valence electrons. The lowest BCUT2D eigenvalue weighted by Crippen LogP contribution is -2.59. The Kier molecular flexibility index (Phi) is 10.1. The SMILES string of the molecule is CCN1CCC(CNC(=NC)NCC2(N3CCCCC3)CCCCC2)C1.I. The Hall–Kier alpha value is -0.0800. The molecule has 3 fully saturated rings. The van der Waals surface area contributed by atoms with E-state index in [0.29, 0.717) is 5.54 Å². The smallest absolute Gasteiger partial charge is 0.191 e. The van der Waals surface area contributed by atoms with Crippen LogP contribution < -0.4 is 10.6 Å². The van der Waals surface area contributed by atoms with Crippen molar-refractivity contribution in [1.82, 2.24) is 20.4 Å². The van der Waals surface area contributed by atoms with E-state index in [9.17, 15) is 0 Å². The molecule has 2 heterocycles. The van der Waals surface area contributed by atoms with Gasteiger partial charge in [-0.15, -0.1) is 24.0 Å². The second-order valence-corrected chi connectivity index (χ2v) is 8.69. The van der Waals surface area contributed by atoms with Crippen LogP contribution in [0.25, 0.3) is 0 Å². The van der Waals surface area contributed by atoms with Gasteiger partial charge in [-0.1, -0.05) is 32.6 Å². The molecule has 5 nitrogen and oxygen atoms in total. The topological polar surface area (TPSA) is 42.9 Å². The molecule has 1 unspecified atom stereocenters. The number of piperidine rings is 1. The van der Waals surface area contributed by atoms with Gasteiger partial charge >= 0.3 is 0 Å². The molecule has 2 aliphatic heterocycles. The number of halogens is 1. The van der Waals surface area contributed by atoms with Gasteiger partial charge < -0.3 is 15.5 Å². The van der Waals surface area contributed by atoms with Crippen molar-refractivity contribution in [1.29, 1.82) is 0 Å². The Labute approximate surface area is 184 Å². The normalized spacial score (nSPS) is 27.2. The highest BCUT2D eigenvalue weighted by Gasteiger charge is 2.38.